The molecule has 0 bridgehead atoms. The fourth-order valence-corrected chi connectivity index (χ4v) is 3.27. The second-order valence-corrected chi connectivity index (χ2v) is 6.96. The molecule has 146 valence electrons. The number of carbonyl (C=O) groups is 1. The molecule has 0 saturated carbocycles. The van der Waals surface area contributed by atoms with Gasteiger partial charge in [-0.2, -0.15) is 18.3 Å². The minimum atomic E-state index is -4.48. The summed E-state index contributed by atoms with van der Waals surface area (Å²) in [4.78, 5) is 18.0. The Morgan fingerprint density at radius 3 is 2.48 bits per heavy atom. The normalized spacial score (nSPS) is 15.9. The van der Waals surface area contributed by atoms with Crippen molar-refractivity contribution < 1.29 is 18.0 Å². The number of halogens is 4. The lowest BCUT2D eigenvalue weighted by atomic mass is 10.0. The van der Waals surface area contributed by atoms with Crippen LogP contribution in [0.15, 0.2) is 18.3 Å². The molecule has 1 saturated heterocycles. The van der Waals surface area contributed by atoms with Crippen LogP contribution in [0.25, 0.3) is 0 Å². The van der Waals surface area contributed by atoms with Crippen LogP contribution in [-0.4, -0.2) is 39.8 Å². The highest BCUT2D eigenvalue weighted by Gasteiger charge is 2.32. The molecule has 0 unspecified atom stereocenters. The number of anilines is 1. The van der Waals surface area contributed by atoms with Crippen LogP contribution in [0.5, 0.6) is 0 Å². The van der Waals surface area contributed by atoms with Gasteiger partial charge in [-0.25, -0.2) is 4.98 Å². The fourth-order valence-electron chi connectivity index (χ4n) is 2.98. The smallest absolute Gasteiger partial charge is 0.355 e. The van der Waals surface area contributed by atoms with E-state index in [4.69, 9.17) is 11.6 Å². The molecule has 1 aliphatic rings. The summed E-state index contributed by atoms with van der Waals surface area (Å²) in [5.74, 6) is 0.0950. The van der Waals surface area contributed by atoms with E-state index < -0.39 is 11.7 Å². The van der Waals surface area contributed by atoms with E-state index in [1.807, 2.05) is 11.8 Å². The molecule has 0 radical (unpaired) electrons. The molecule has 1 aliphatic heterocycles. The summed E-state index contributed by atoms with van der Waals surface area (Å²) < 4.78 is 39.8. The van der Waals surface area contributed by atoms with Crippen molar-refractivity contribution >= 4 is 23.3 Å². The number of aromatic nitrogens is 3. The quantitative estimate of drug-likeness (QED) is 0.858. The third-order valence-corrected chi connectivity index (χ3v) is 4.90. The Bertz CT molecular complexity index is 824. The van der Waals surface area contributed by atoms with Gasteiger partial charge in [0.2, 0.25) is 0 Å². The lowest BCUT2D eigenvalue weighted by Gasteiger charge is -2.33. The summed E-state index contributed by atoms with van der Waals surface area (Å²) in [5, 5.41) is 7.07. The second-order valence-electron chi connectivity index (χ2n) is 6.56. The zero-order valence-electron chi connectivity index (χ0n) is 14.8. The van der Waals surface area contributed by atoms with Crippen molar-refractivity contribution in [2.45, 2.75) is 32.0 Å². The van der Waals surface area contributed by atoms with Crippen LogP contribution in [0.2, 0.25) is 5.02 Å². The van der Waals surface area contributed by atoms with Gasteiger partial charge in [-0.15, -0.1) is 0 Å². The molecule has 3 rings (SSSR count). The molecular formula is C17H19ClF3N5O. The predicted molar refractivity (Wildman–Crippen MR) is 94.9 cm³/mol. The highest BCUT2D eigenvalue weighted by molar-refractivity contribution is 6.33. The molecule has 10 heteroatoms. The van der Waals surface area contributed by atoms with E-state index in [0.29, 0.717) is 37.4 Å². The van der Waals surface area contributed by atoms with Crippen molar-refractivity contribution in [3.63, 3.8) is 0 Å². The Kier molecular flexibility index (Phi) is 5.32. The largest absolute Gasteiger partial charge is 0.417 e. The van der Waals surface area contributed by atoms with Crippen LogP contribution in [0.3, 0.4) is 0 Å². The number of carbonyl (C=O) groups excluding carboxylic acids is 1. The number of hydrogen-bond donors (Lipinski definition) is 1. The predicted octanol–water partition coefficient (Wildman–Crippen LogP) is 3.19. The lowest BCUT2D eigenvalue weighted by molar-refractivity contribution is -0.137. The van der Waals surface area contributed by atoms with E-state index in [0.717, 1.165) is 18.0 Å². The standard InChI is InChI=1S/C17H19ClF3N5O/c1-10-7-14(24-25(10)2)16(27)23-12-3-5-26(6-4-12)15-13(18)8-11(9-22-15)17(19,20)21/h7-9,12H,3-6H2,1-2H3,(H,23,27). The number of alkyl halides is 3. The van der Waals surface area contributed by atoms with Crippen LogP contribution >= 0.6 is 11.6 Å². The van der Waals surface area contributed by atoms with Crippen molar-refractivity contribution in [3.05, 3.63) is 40.3 Å². The number of nitrogens with zero attached hydrogens (tertiary/aromatic N) is 4. The average molecular weight is 402 g/mol. The fraction of sp³-hybridized carbons (Fsp3) is 0.471. The molecule has 2 aromatic heterocycles. The van der Waals surface area contributed by atoms with Gasteiger partial charge in [0, 0.05) is 38.1 Å². The molecule has 0 aromatic carbocycles. The summed E-state index contributed by atoms with van der Waals surface area (Å²) in [7, 11) is 1.77. The van der Waals surface area contributed by atoms with Crippen molar-refractivity contribution in [2.24, 2.45) is 7.05 Å². The van der Waals surface area contributed by atoms with Crippen molar-refractivity contribution in [1.82, 2.24) is 20.1 Å². The zero-order valence-corrected chi connectivity index (χ0v) is 15.6. The number of aryl methyl sites for hydroxylation is 2. The minimum Gasteiger partial charge on any atom is -0.355 e. The van der Waals surface area contributed by atoms with E-state index in [2.05, 4.69) is 15.4 Å². The van der Waals surface area contributed by atoms with Gasteiger partial charge in [0.1, 0.15) is 11.5 Å². The van der Waals surface area contributed by atoms with Gasteiger partial charge in [-0.05, 0) is 31.9 Å². The number of pyridine rings is 1. The number of amides is 1. The molecule has 0 spiro atoms. The first-order chi connectivity index (χ1) is 12.6. The van der Waals surface area contributed by atoms with E-state index in [-0.39, 0.29) is 17.0 Å². The molecule has 1 N–H and O–H groups in total. The first-order valence-electron chi connectivity index (χ1n) is 8.44. The molecule has 2 aromatic rings. The maximum Gasteiger partial charge on any atom is 0.417 e. The van der Waals surface area contributed by atoms with Gasteiger partial charge in [-0.1, -0.05) is 11.6 Å². The molecule has 6 nitrogen and oxygen atoms in total. The Labute approximate surface area is 159 Å². The SMILES string of the molecule is Cc1cc(C(=O)NC2CCN(c3ncc(C(F)(F)F)cc3Cl)CC2)nn1C. The number of rotatable bonds is 3. The van der Waals surface area contributed by atoms with Crippen LogP contribution in [0.1, 0.15) is 34.6 Å². The van der Waals surface area contributed by atoms with Crippen molar-refractivity contribution in [3.8, 4) is 0 Å². The summed E-state index contributed by atoms with van der Waals surface area (Å²) in [5.41, 5.74) is 0.381. The molecule has 0 atom stereocenters. The van der Waals surface area contributed by atoms with Crippen LogP contribution in [0, 0.1) is 6.92 Å². The number of piperidine rings is 1. The van der Waals surface area contributed by atoms with Gasteiger partial charge < -0.3 is 10.2 Å². The first-order valence-corrected chi connectivity index (χ1v) is 8.82. The maximum absolute atomic E-state index is 12.7. The minimum absolute atomic E-state index is 0.0312. The summed E-state index contributed by atoms with van der Waals surface area (Å²) in [6.07, 6.45) is -2.41. The highest BCUT2D eigenvalue weighted by atomic mass is 35.5. The Morgan fingerprint density at radius 2 is 1.96 bits per heavy atom. The second kappa shape index (κ2) is 7.38. The molecular weight excluding hydrogens is 383 g/mol. The Morgan fingerprint density at radius 1 is 1.30 bits per heavy atom. The number of nitrogens with one attached hydrogen (secondary N) is 1. The van der Waals surface area contributed by atoms with Crippen molar-refractivity contribution in [2.75, 3.05) is 18.0 Å². The molecule has 1 amide bonds. The molecule has 27 heavy (non-hydrogen) atoms. The van der Waals surface area contributed by atoms with E-state index in [1.54, 1.807) is 17.8 Å². The number of hydrogen-bond acceptors (Lipinski definition) is 4. The van der Waals surface area contributed by atoms with Gasteiger partial charge in [-0.3, -0.25) is 9.48 Å². The average Bonchev–Trinajstić information content (AvgIpc) is 2.94. The van der Waals surface area contributed by atoms with E-state index >= 15 is 0 Å². The first kappa shape index (κ1) is 19.5. The van der Waals surface area contributed by atoms with Crippen LogP contribution in [0.4, 0.5) is 19.0 Å². The van der Waals surface area contributed by atoms with Crippen molar-refractivity contribution in [1.29, 1.82) is 0 Å². The van der Waals surface area contributed by atoms with Crippen LogP contribution in [-0.2, 0) is 13.2 Å². The molecule has 0 aliphatic carbocycles. The van der Waals surface area contributed by atoms with E-state index in [9.17, 15) is 18.0 Å². The van der Waals surface area contributed by atoms with Gasteiger partial charge in [0.15, 0.2) is 0 Å². The summed E-state index contributed by atoms with van der Waals surface area (Å²) >= 11 is 6.00. The summed E-state index contributed by atoms with van der Waals surface area (Å²) in [6, 6.07) is 2.57. The molecule has 1 fully saturated rings. The third kappa shape index (κ3) is 4.35. The molecule has 3 heterocycles. The van der Waals surface area contributed by atoms with Gasteiger partial charge in [0.05, 0.1) is 10.6 Å². The zero-order chi connectivity index (χ0) is 19.8. The van der Waals surface area contributed by atoms with Crippen LogP contribution < -0.4 is 10.2 Å². The Hall–Kier alpha value is -2.29. The van der Waals surface area contributed by atoms with Gasteiger partial charge >= 0.3 is 6.18 Å². The topological polar surface area (TPSA) is 63.1 Å². The van der Waals surface area contributed by atoms with Gasteiger partial charge in [0.25, 0.3) is 5.91 Å². The highest BCUT2D eigenvalue weighted by Crippen LogP contribution is 2.34. The Balaban J connectivity index is 1.59. The maximum atomic E-state index is 12.7. The monoisotopic (exact) mass is 401 g/mol. The lowest BCUT2D eigenvalue weighted by Crippen LogP contribution is -2.45. The summed E-state index contributed by atoms with van der Waals surface area (Å²) in [6.45, 7) is 2.93. The third-order valence-electron chi connectivity index (χ3n) is 4.63. The van der Waals surface area contributed by atoms with E-state index in [1.165, 1.54) is 0 Å².